The largest absolute Gasteiger partial charge is 0.481 e. The second-order valence-electron chi connectivity index (χ2n) is 7.71. The number of hydrogen-bond acceptors (Lipinski definition) is 8. The topological polar surface area (TPSA) is 208 Å². The number of thioether (sulfide) groups is 1. The predicted molar refractivity (Wildman–Crippen MR) is 129 cm³/mol. The average molecular weight is 513 g/mol. The molecule has 13 heteroatoms. The van der Waals surface area contributed by atoms with Crippen LogP contribution in [0, 0.1) is 0 Å². The first kappa shape index (κ1) is 29.9. The van der Waals surface area contributed by atoms with Crippen LogP contribution in [0.4, 0.5) is 0 Å². The Hall–Kier alpha value is -3.16. The number of carbonyl (C=O) groups is 5. The Morgan fingerprint density at radius 1 is 0.886 bits per heavy atom. The van der Waals surface area contributed by atoms with Gasteiger partial charge in [-0.1, -0.05) is 30.3 Å². The van der Waals surface area contributed by atoms with Crippen LogP contribution in [0.25, 0.3) is 0 Å². The maximum absolute atomic E-state index is 12.9. The lowest BCUT2D eigenvalue weighted by atomic mass is 10.0. The van der Waals surface area contributed by atoms with E-state index >= 15 is 0 Å². The zero-order chi connectivity index (χ0) is 26.4. The number of amides is 3. The fourth-order valence-electron chi connectivity index (χ4n) is 3.00. The highest BCUT2D eigenvalue weighted by Crippen LogP contribution is 2.07. The lowest BCUT2D eigenvalue weighted by Crippen LogP contribution is -2.57. The number of aliphatic carboxylic acids is 2. The summed E-state index contributed by atoms with van der Waals surface area (Å²) >= 11 is 1.40. The SMILES string of the molecule is CSCCC(NC(=O)C(CCC(=O)O)NC(=O)C(N)CO)C(=O)NC(Cc1ccccc1)C(=O)O. The van der Waals surface area contributed by atoms with Crippen LogP contribution in [0.3, 0.4) is 0 Å². The molecule has 0 fully saturated rings. The summed E-state index contributed by atoms with van der Waals surface area (Å²) < 4.78 is 0. The number of carbonyl (C=O) groups excluding carboxylic acids is 3. The molecular formula is C22H32N4O8S. The summed E-state index contributed by atoms with van der Waals surface area (Å²) in [6.45, 7) is -0.685. The third-order valence-corrected chi connectivity index (χ3v) is 5.60. The van der Waals surface area contributed by atoms with Crippen molar-refractivity contribution in [3.63, 3.8) is 0 Å². The van der Waals surface area contributed by atoms with Crippen molar-refractivity contribution < 1.29 is 39.3 Å². The van der Waals surface area contributed by atoms with Gasteiger partial charge in [0.05, 0.1) is 6.61 Å². The van der Waals surface area contributed by atoms with Gasteiger partial charge in [-0.2, -0.15) is 11.8 Å². The second kappa shape index (κ2) is 15.7. The Morgan fingerprint density at radius 3 is 1.94 bits per heavy atom. The first-order chi connectivity index (χ1) is 16.6. The van der Waals surface area contributed by atoms with E-state index in [0.29, 0.717) is 11.3 Å². The molecule has 0 heterocycles. The molecule has 3 amide bonds. The van der Waals surface area contributed by atoms with Gasteiger partial charge in [-0.3, -0.25) is 19.2 Å². The molecule has 4 atom stereocenters. The minimum absolute atomic E-state index is 0.0292. The summed E-state index contributed by atoms with van der Waals surface area (Å²) in [5, 5.41) is 34.8. The van der Waals surface area contributed by atoms with Crippen LogP contribution in [-0.4, -0.2) is 87.8 Å². The summed E-state index contributed by atoms with van der Waals surface area (Å²) in [6, 6.07) is 3.67. The second-order valence-corrected chi connectivity index (χ2v) is 8.70. The van der Waals surface area contributed by atoms with Crippen molar-refractivity contribution in [1.82, 2.24) is 16.0 Å². The Labute approximate surface area is 207 Å². The molecular weight excluding hydrogens is 480 g/mol. The molecule has 0 aliphatic rings. The summed E-state index contributed by atoms with van der Waals surface area (Å²) in [5.41, 5.74) is 6.15. The number of aliphatic hydroxyl groups excluding tert-OH is 1. The monoisotopic (exact) mass is 512 g/mol. The molecule has 0 spiro atoms. The van der Waals surface area contributed by atoms with Crippen LogP contribution < -0.4 is 21.7 Å². The molecule has 12 nitrogen and oxygen atoms in total. The Kier molecular flexibility index (Phi) is 13.4. The van der Waals surface area contributed by atoms with Gasteiger partial charge in [0.1, 0.15) is 24.2 Å². The van der Waals surface area contributed by atoms with Crippen molar-refractivity contribution in [2.45, 2.75) is 49.9 Å². The number of aliphatic hydroxyl groups is 1. The smallest absolute Gasteiger partial charge is 0.326 e. The third-order valence-electron chi connectivity index (χ3n) is 4.95. The Morgan fingerprint density at radius 2 is 1.43 bits per heavy atom. The molecule has 1 rings (SSSR count). The van der Waals surface area contributed by atoms with Gasteiger partial charge in [-0.05, 0) is 30.4 Å². The van der Waals surface area contributed by atoms with E-state index in [1.165, 1.54) is 11.8 Å². The molecule has 0 saturated carbocycles. The van der Waals surface area contributed by atoms with Crippen molar-refractivity contribution >= 4 is 41.4 Å². The van der Waals surface area contributed by atoms with Crippen LogP contribution in [0.1, 0.15) is 24.8 Å². The van der Waals surface area contributed by atoms with Gasteiger partial charge < -0.3 is 37.0 Å². The van der Waals surface area contributed by atoms with E-state index in [1.54, 1.807) is 36.6 Å². The molecule has 0 aromatic heterocycles. The van der Waals surface area contributed by atoms with E-state index in [1.807, 2.05) is 0 Å². The number of rotatable bonds is 16. The lowest BCUT2D eigenvalue weighted by molar-refractivity contribution is -0.142. The molecule has 1 aromatic rings. The molecule has 0 aliphatic carbocycles. The fraction of sp³-hybridized carbons (Fsp3) is 0.500. The standard InChI is InChI=1S/C22H32N4O8S/c1-35-10-9-16(21(32)26-17(22(33)34)11-13-5-3-2-4-6-13)25-20(31)15(7-8-18(28)29)24-19(30)14(23)12-27/h2-6,14-17,27H,7-12,23H2,1H3,(H,24,30)(H,25,31)(H,26,32)(H,28,29)(H,33,34). The van der Waals surface area contributed by atoms with Gasteiger partial charge in [0, 0.05) is 12.8 Å². The molecule has 194 valence electrons. The van der Waals surface area contributed by atoms with Crippen LogP contribution in [-0.2, 0) is 30.4 Å². The molecule has 0 bridgehead atoms. The minimum Gasteiger partial charge on any atom is -0.481 e. The van der Waals surface area contributed by atoms with Crippen LogP contribution >= 0.6 is 11.8 Å². The molecule has 0 saturated heterocycles. The lowest BCUT2D eigenvalue weighted by Gasteiger charge is -2.25. The van der Waals surface area contributed by atoms with Crippen LogP contribution in [0.2, 0.25) is 0 Å². The number of hydrogen-bond donors (Lipinski definition) is 7. The van der Waals surface area contributed by atoms with Crippen LogP contribution in [0.15, 0.2) is 30.3 Å². The minimum atomic E-state index is -1.33. The zero-order valence-electron chi connectivity index (χ0n) is 19.3. The van der Waals surface area contributed by atoms with E-state index in [9.17, 15) is 29.1 Å². The highest BCUT2D eigenvalue weighted by Gasteiger charge is 2.30. The van der Waals surface area contributed by atoms with E-state index in [-0.39, 0.29) is 19.3 Å². The van der Waals surface area contributed by atoms with Crippen molar-refractivity contribution in [3.8, 4) is 0 Å². The van der Waals surface area contributed by atoms with E-state index in [4.69, 9.17) is 15.9 Å². The highest BCUT2D eigenvalue weighted by molar-refractivity contribution is 7.98. The highest BCUT2D eigenvalue weighted by atomic mass is 32.2. The van der Waals surface area contributed by atoms with E-state index in [2.05, 4.69) is 16.0 Å². The van der Waals surface area contributed by atoms with Gasteiger partial charge in [0.25, 0.3) is 0 Å². The van der Waals surface area contributed by atoms with Gasteiger partial charge in [-0.15, -0.1) is 0 Å². The average Bonchev–Trinajstić information content (AvgIpc) is 2.83. The maximum atomic E-state index is 12.9. The summed E-state index contributed by atoms with van der Waals surface area (Å²) in [5.74, 6) is -4.42. The summed E-state index contributed by atoms with van der Waals surface area (Å²) in [4.78, 5) is 60.5. The molecule has 8 N–H and O–H groups in total. The molecule has 0 aliphatic heterocycles. The summed E-state index contributed by atoms with van der Waals surface area (Å²) in [7, 11) is 0. The number of nitrogens with two attached hydrogens (primary N) is 1. The van der Waals surface area contributed by atoms with Gasteiger partial charge >= 0.3 is 11.9 Å². The number of nitrogens with one attached hydrogen (secondary N) is 3. The fourth-order valence-corrected chi connectivity index (χ4v) is 3.47. The van der Waals surface area contributed by atoms with Crippen molar-refractivity contribution in [2.24, 2.45) is 5.73 Å². The zero-order valence-corrected chi connectivity index (χ0v) is 20.1. The van der Waals surface area contributed by atoms with Gasteiger partial charge in [0.2, 0.25) is 17.7 Å². The van der Waals surface area contributed by atoms with E-state index in [0.717, 1.165) is 0 Å². The molecule has 35 heavy (non-hydrogen) atoms. The number of carboxylic acids is 2. The van der Waals surface area contributed by atoms with Crippen molar-refractivity contribution in [2.75, 3.05) is 18.6 Å². The van der Waals surface area contributed by atoms with Crippen LogP contribution in [0.5, 0.6) is 0 Å². The quantitative estimate of drug-likeness (QED) is 0.139. The third kappa shape index (κ3) is 11.2. The normalized spacial score (nSPS) is 14.1. The van der Waals surface area contributed by atoms with E-state index < -0.39 is 66.9 Å². The summed E-state index contributed by atoms with van der Waals surface area (Å²) in [6.07, 6.45) is 1.24. The number of carboxylic acid groups (broad SMARTS) is 2. The Balaban J connectivity index is 2.98. The predicted octanol–water partition coefficient (Wildman–Crippen LogP) is -1.29. The molecule has 1 aromatic carbocycles. The number of benzene rings is 1. The first-order valence-corrected chi connectivity index (χ1v) is 12.2. The maximum Gasteiger partial charge on any atom is 0.326 e. The molecule has 4 unspecified atom stereocenters. The Bertz CT molecular complexity index is 870. The van der Waals surface area contributed by atoms with Crippen molar-refractivity contribution in [1.29, 1.82) is 0 Å². The first-order valence-electron chi connectivity index (χ1n) is 10.8. The molecule has 0 radical (unpaired) electrons. The van der Waals surface area contributed by atoms with Gasteiger partial charge in [-0.25, -0.2) is 4.79 Å². The van der Waals surface area contributed by atoms with Gasteiger partial charge in [0.15, 0.2) is 0 Å². The van der Waals surface area contributed by atoms with Crippen molar-refractivity contribution in [3.05, 3.63) is 35.9 Å².